The molecule has 1 aromatic carbocycles. The molecular weight excluding hydrogens is 254 g/mol. The lowest BCUT2D eigenvalue weighted by molar-refractivity contribution is -0.148. The van der Waals surface area contributed by atoms with E-state index in [2.05, 4.69) is 5.32 Å². The van der Waals surface area contributed by atoms with E-state index in [1.165, 1.54) is 5.56 Å². The van der Waals surface area contributed by atoms with Gasteiger partial charge in [0.1, 0.15) is 5.54 Å². The molecule has 0 atom stereocenters. The molecule has 4 heteroatoms. The number of nitrogens with one attached hydrogen (secondary N) is 1. The van der Waals surface area contributed by atoms with E-state index in [0.717, 1.165) is 12.8 Å². The zero-order valence-corrected chi connectivity index (χ0v) is 12.2. The van der Waals surface area contributed by atoms with Gasteiger partial charge in [0.15, 0.2) is 0 Å². The number of benzene rings is 1. The standard InChI is InChI=1S/C16H23NO3/c1-3-16(4-2,15(19)20)17-14(18)12-8-11-13-9-6-5-7-10-13/h5-7,9-10H,3-4,8,11-12H2,1-2H3,(H,17,18)(H,19,20). The lowest BCUT2D eigenvalue weighted by Crippen LogP contribution is -2.53. The summed E-state index contributed by atoms with van der Waals surface area (Å²) in [5.41, 5.74) is 0.0693. The van der Waals surface area contributed by atoms with Crippen LogP contribution in [0.5, 0.6) is 0 Å². The molecule has 4 nitrogen and oxygen atoms in total. The third-order valence-electron chi connectivity index (χ3n) is 3.71. The van der Waals surface area contributed by atoms with Crippen molar-refractivity contribution in [3.8, 4) is 0 Å². The number of hydrogen-bond donors (Lipinski definition) is 2. The zero-order valence-electron chi connectivity index (χ0n) is 12.2. The third-order valence-corrected chi connectivity index (χ3v) is 3.71. The fourth-order valence-electron chi connectivity index (χ4n) is 2.21. The minimum atomic E-state index is -1.12. The maximum atomic E-state index is 11.9. The predicted octanol–water partition coefficient (Wildman–Crippen LogP) is 2.77. The first-order valence-corrected chi connectivity index (χ1v) is 7.12. The summed E-state index contributed by atoms with van der Waals surface area (Å²) in [5.74, 6) is -1.15. The van der Waals surface area contributed by atoms with E-state index in [4.69, 9.17) is 0 Å². The Morgan fingerprint density at radius 1 is 1.15 bits per heavy atom. The summed E-state index contributed by atoms with van der Waals surface area (Å²) in [4.78, 5) is 23.2. The highest BCUT2D eigenvalue weighted by atomic mass is 16.4. The van der Waals surface area contributed by atoms with Gasteiger partial charge in [-0.25, -0.2) is 4.79 Å². The fraction of sp³-hybridized carbons (Fsp3) is 0.500. The number of carbonyl (C=O) groups excluding carboxylic acids is 1. The van der Waals surface area contributed by atoms with Crippen LogP contribution in [0, 0.1) is 0 Å². The van der Waals surface area contributed by atoms with Crippen LogP contribution in [0.1, 0.15) is 45.1 Å². The Hall–Kier alpha value is -1.84. The highest BCUT2D eigenvalue weighted by Crippen LogP contribution is 2.16. The van der Waals surface area contributed by atoms with Crippen molar-refractivity contribution >= 4 is 11.9 Å². The second-order valence-corrected chi connectivity index (χ2v) is 4.98. The van der Waals surface area contributed by atoms with Crippen LogP contribution in [0.4, 0.5) is 0 Å². The van der Waals surface area contributed by atoms with Gasteiger partial charge in [0.2, 0.25) is 5.91 Å². The van der Waals surface area contributed by atoms with Gasteiger partial charge in [-0.05, 0) is 31.2 Å². The van der Waals surface area contributed by atoms with Crippen molar-refractivity contribution < 1.29 is 14.7 Å². The van der Waals surface area contributed by atoms with Crippen LogP contribution in [-0.4, -0.2) is 22.5 Å². The maximum Gasteiger partial charge on any atom is 0.329 e. The van der Waals surface area contributed by atoms with Crippen molar-refractivity contribution in [3.05, 3.63) is 35.9 Å². The van der Waals surface area contributed by atoms with E-state index in [9.17, 15) is 14.7 Å². The molecule has 2 N–H and O–H groups in total. The van der Waals surface area contributed by atoms with Crippen LogP contribution < -0.4 is 5.32 Å². The predicted molar refractivity (Wildman–Crippen MR) is 78.5 cm³/mol. The number of rotatable bonds is 8. The zero-order chi connectivity index (χ0) is 15.0. The van der Waals surface area contributed by atoms with Gasteiger partial charge in [0.05, 0.1) is 0 Å². The minimum absolute atomic E-state index is 0.188. The second-order valence-electron chi connectivity index (χ2n) is 4.98. The monoisotopic (exact) mass is 277 g/mol. The van der Waals surface area contributed by atoms with Crippen LogP contribution in [-0.2, 0) is 16.0 Å². The molecule has 0 fully saturated rings. The Balaban J connectivity index is 2.45. The number of aryl methyl sites for hydroxylation is 1. The summed E-state index contributed by atoms with van der Waals surface area (Å²) in [7, 11) is 0. The van der Waals surface area contributed by atoms with Crippen molar-refractivity contribution in [3.63, 3.8) is 0 Å². The molecule has 1 aromatic rings. The Morgan fingerprint density at radius 3 is 2.25 bits per heavy atom. The molecule has 0 unspecified atom stereocenters. The number of aliphatic carboxylic acids is 1. The van der Waals surface area contributed by atoms with E-state index < -0.39 is 11.5 Å². The van der Waals surface area contributed by atoms with Crippen LogP contribution in [0.15, 0.2) is 30.3 Å². The van der Waals surface area contributed by atoms with Crippen LogP contribution in [0.25, 0.3) is 0 Å². The van der Waals surface area contributed by atoms with E-state index in [-0.39, 0.29) is 5.91 Å². The van der Waals surface area contributed by atoms with E-state index >= 15 is 0 Å². The van der Waals surface area contributed by atoms with Gasteiger partial charge in [-0.2, -0.15) is 0 Å². The van der Waals surface area contributed by atoms with Crippen LogP contribution in [0.3, 0.4) is 0 Å². The second kappa shape index (κ2) is 7.68. The smallest absolute Gasteiger partial charge is 0.329 e. The molecule has 0 spiro atoms. The quantitative estimate of drug-likeness (QED) is 0.768. The Labute approximate surface area is 120 Å². The van der Waals surface area contributed by atoms with Gasteiger partial charge in [-0.15, -0.1) is 0 Å². The average Bonchev–Trinajstić information content (AvgIpc) is 2.45. The van der Waals surface area contributed by atoms with Crippen molar-refractivity contribution in [2.45, 2.75) is 51.5 Å². The first kappa shape index (κ1) is 16.2. The molecule has 1 amide bonds. The SMILES string of the molecule is CCC(CC)(NC(=O)CCCc1ccccc1)C(=O)O. The minimum Gasteiger partial charge on any atom is -0.480 e. The number of carboxylic acid groups (broad SMARTS) is 1. The summed E-state index contributed by atoms with van der Waals surface area (Å²) in [6.07, 6.45) is 2.68. The summed E-state index contributed by atoms with van der Waals surface area (Å²) in [6, 6.07) is 9.95. The molecule has 0 bridgehead atoms. The van der Waals surface area contributed by atoms with E-state index in [1.807, 2.05) is 30.3 Å². The molecule has 0 aliphatic rings. The van der Waals surface area contributed by atoms with Crippen molar-refractivity contribution in [2.24, 2.45) is 0 Å². The van der Waals surface area contributed by atoms with Gasteiger partial charge in [-0.3, -0.25) is 4.79 Å². The van der Waals surface area contributed by atoms with Crippen LogP contribution >= 0.6 is 0 Å². The Morgan fingerprint density at radius 2 is 1.75 bits per heavy atom. The number of hydrogen-bond acceptors (Lipinski definition) is 2. The molecule has 0 radical (unpaired) electrons. The molecule has 0 saturated carbocycles. The highest BCUT2D eigenvalue weighted by molar-refractivity contribution is 5.86. The van der Waals surface area contributed by atoms with Gasteiger partial charge >= 0.3 is 5.97 Å². The maximum absolute atomic E-state index is 11.9. The average molecular weight is 277 g/mol. The van der Waals surface area contributed by atoms with Gasteiger partial charge in [0.25, 0.3) is 0 Å². The molecule has 20 heavy (non-hydrogen) atoms. The van der Waals surface area contributed by atoms with Crippen molar-refractivity contribution in [1.82, 2.24) is 5.32 Å². The number of carboxylic acids is 1. The van der Waals surface area contributed by atoms with Gasteiger partial charge < -0.3 is 10.4 Å². The van der Waals surface area contributed by atoms with E-state index in [0.29, 0.717) is 19.3 Å². The summed E-state index contributed by atoms with van der Waals surface area (Å²) in [5, 5.41) is 11.9. The molecule has 0 heterocycles. The van der Waals surface area contributed by atoms with E-state index in [1.54, 1.807) is 13.8 Å². The lowest BCUT2D eigenvalue weighted by atomic mass is 9.92. The van der Waals surface area contributed by atoms with Gasteiger partial charge in [-0.1, -0.05) is 44.2 Å². The molecule has 0 aliphatic heterocycles. The lowest BCUT2D eigenvalue weighted by Gasteiger charge is -2.28. The fourth-order valence-corrected chi connectivity index (χ4v) is 2.21. The first-order chi connectivity index (χ1) is 9.54. The third kappa shape index (κ3) is 4.37. The molecule has 110 valence electrons. The molecular formula is C16H23NO3. The number of amides is 1. The molecule has 0 aromatic heterocycles. The topological polar surface area (TPSA) is 66.4 Å². The first-order valence-electron chi connectivity index (χ1n) is 7.12. The molecule has 1 rings (SSSR count). The molecule has 0 aliphatic carbocycles. The van der Waals surface area contributed by atoms with Crippen molar-refractivity contribution in [1.29, 1.82) is 0 Å². The normalized spacial score (nSPS) is 11.1. The highest BCUT2D eigenvalue weighted by Gasteiger charge is 2.35. The van der Waals surface area contributed by atoms with Crippen LogP contribution in [0.2, 0.25) is 0 Å². The van der Waals surface area contributed by atoms with Gasteiger partial charge in [0, 0.05) is 6.42 Å². The largest absolute Gasteiger partial charge is 0.480 e. The number of carbonyl (C=O) groups is 2. The Bertz CT molecular complexity index is 438. The van der Waals surface area contributed by atoms with Crippen molar-refractivity contribution in [2.75, 3.05) is 0 Å². The molecule has 0 saturated heterocycles. The summed E-state index contributed by atoms with van der Waals surface area (Å²) >= 11 is 0. The summed E-state index contributed by atoms with van der Waals surface area (Å²) in [6.45, 7) is 3.56. The summed E-state index contributed by atoms with van der Waals surface area (Å²) < 4.78 is 0. The Kier molecular flexibility index (Phi) is 6.22.